The third-order valence-electron chi connectivity index (χ3n) is 4.80. The number of methoxy groups -OCH3 is 1. The summed E-state index contributed by atoms with van der Waals surface area (Å²) in [4.78, 5) is 52.7. The lowest BCUT2D eigenvalue weighted by Gasteiger charge is -2.09. The second-order valence-corrected chi connectivity index (χ2v) is 6.94. The Morgan fingerprint density at radius 2 is 1.81 bits per heavy atom. The van der Waals surface area contributed by atoms with Crippen LogP contribution in [-0.4, -0.2) is 39.6 Å². The maximum Gasteiger partial charge on any atom is 0.332 e. The summed E-state index contributed by atoms with van der Waals surface area (Å²) in [5, 5.41) is 5.67. The fourth-order valence-corrected chi connectivity index (χ4v) is 3.05. The summed E-state index contributed by atoms with van der Waals surface area (Å²) in [6, 6.07) is 8.21. The summed E-state index contributed by atoms with van der Waals surface area (Å²) in [6.07, 6.45) is 2.00. The number of carbonyl (C=O) groups is 2. The summed E-state index contributed by atoms with van der Waals surface area (Å²) in [6.45, 7) is 0.330. The molecule has 2 aromatic heterocycles. The monoisotopic (exact) mass is 425 g/mol. The van der Waals surface area contributed by atoms with Crippen molar-refractivity contribution >= 4 is 28.5 Å². The topological polar surface area (TPSA) is 124 Å². The second-order valence-electron chi connectivity index (χ2n) is 6.94. The molecule has 10 nitrogen and oxygen atoms in total. The molecular weight excluding hydrogens is 402 g/mol. The van der Waals surface area contributed by atoms with Crippen molar-refractivity contribution in [2.45, 2.75) is 12.8 Å². The standard InChI is InChI=1S/C21H23N5O5/c1-25-18-16(20(29)26(2)21(25)30)11-14(12-23-18)24-17(27)5-4-10-22-19(28)13-6-8-15(31-3)9-7-13/h6-9,11-12H,4-5,10H2,1-3H3,(H,22,28)(H,24,27). The zero-order valence-corrected chi connectivity index (χ0v) is 17.5. The van der Waals surface area contributed by atoms with Crippen molar-refractivity contribution in [2.24, 2.45) is 14.1 Å². The van der Waals surface area contributed by atoms with Gasteiger partial charge >= 0.3 is 5.69 Å². The van der Waals surface area contributed by atoms with Crippen molar-refractivity contribution < 1.29 is 14.3 Å². The molecule has 162 valence electrons. The van der Waals surface area contributed by atoms with Gasteiger partial charge in [0.2, 0.25) is 5.91 Å². The van der Waals surface area contributed by atoms with Gasteiger partial charge in [-0.3, -0.25) is 23.5 Å². The number of aryl methyl sites for hydroxylation is 1. The van der Waals surface area contributed by atoms with Gasteiger partial charge in [0.05, 0.1) is 24.4 Å². The van der Waals surface area contributed by atoms with Crippen molar-refractivity contribution in [1.82, 2.24) is 19.4 Å². The number of anilines is 1. The van der Waals surface area contributed by atoms with E-state index in [0.717, 1.165) is 4.57 Å². The van der Waals surface area contributed by atoms with Gasteiger partial charge in [0.1, 0.15) is 11.4 Å². The van der Waals surface area contributed by atoms with E-state index in [0.29, 0.717) is 30.0 Å². The number of aromatic nitrogens is 3. The van der Waals surface area contributed by atoms with E-state index in [1.54, 1.807) is 31.4 Å². The highest BCUT2D eigenvalue weighted by Crippen LogP contribution is 2.13. The molecule has 0 atom stereocenters. The lowest BCUT2D eigenvalue weighted by Crippen LogP contribution is -2.37. The Hall–Kier alpha value is -3.95. The van der Waals surface area contributed by atoms with E-state index in [1.165, 1.54) is 30.9 Å². The van der Waals surface area contributed by atoms with Crippen LogP contribution >= 0.6 is 0 Å². The minimum Gasteiger partial charge on any atom is -0.497 e. The van der Waals surface area contributed by atoms with Crippen LogP contribution in [0.4, 0.5) is 5.69 Å². The average Bonchev–Trinajstić information content (AvgIpc) is 2.79. The van der Waals surface area contributed by atoms with Gasteiger partial charge < -0.3 is 15.4 Å². The van der Waals surface area contributed by atoms with Gasteiger partial charge in [0.15, 0.2) is 0 Å². The van der Waals surface area contributed by atoms with Crippen LogP contribution in [0.1, 0.15) is 23.2 Å². The second kappa shape index (κ2) is 9.24. The Kier molecular flexibility index (Phi) is 6.49. The van der Waals surface area contributed by atoms with Gasteiger partial charge in [-0.2, -0.15) is 0 Å². The molecule has 3 rings (SSSR count). The lowest BCUT2D eigenvalue weighted by atomic mass is 10.2. The number of benzene rings is 1. The molecule has 0 spiro atoms. The predicted octanol–water partition coefficient (Wildman–Crippen LogP) is 0.789. The summed E-state index contributed by atoms with van der Waals surface area (Å²) < 4.78 is 7.31. The smallest absolute Gasteiger partial charge is 0.332 e. The number of rotatable bonds is 7. The molecule has 0 unspecified atom stereocenters. The van der Waals surface area contributed by atoms with Crippen LogP contribution in [0, 0.1) is 0 Å². The number of hydrogen-bond acceptors (Lipinski definition) is 6. The highest BCUT2D eigenvalue weighted by molar-refractivity contribution is 5.94. The number of nitrogens with zero attached hydrogens (tertiary/aromatic N) is 3. The molecule has 10 heteroatoms. The van der Waals surface area contributed by atoms with E-state index in [1.807, 2.05) is 0 Å². The molecular formula is C21H23N5O5. The van der Waals surface area contributed by atoms with Crippen LogP contribution in [0.3, 0.4) is 0 Å². The van der Waals surface area contributed by atoms with Gasteiger partial charge in [-0.15, -0.1) is 0 Å². The Labute approximate surface area is 177 Å². The Balaban J connectivity index is 1.55. The van der Waals surface area contributed by atoms with Gasteiger partial charge in [0, 0.05) is 32.6 Å². The zero-order valence-electron chi connectivity index (χ0n) is 17.5. The third-order valence-corrected chi connectivity index (χ3v) is 4.80. The number of ether oxygens (including phenoxy) is 1. The van der Waals surface area contributed by atoms with Crippen molar-refractivity contribution in [3.63, 3.8) is 0 Å². The van der Waals surface area contributed by atoms with Crippen molar-refractivity contribution in [1.29, 1.82) is 0 Å². The number of amides is 2. The van der Waals surface area contributed by atoms with Crippen LogP contribution < -0.4 is 26.6 Å². The Bertz CT molecular complexity index is 1240. The summed E-state index contributed by atoms with van der Waals surface area (Å²) in [5.74, 6) is 0.154. The fourth-order valence-electron chi connectivity index (χ4n) is 3.05. The number of nitrogens with one attached hydrogen (secondary N) is 2. The molecule has 0 aliphatic rings. The van der Waals surface area contributed by atoms with Gasteiger partial charge in [-0.25, -0.2) is 9.78 Å². The third kappa shape index (κ3) is 4.80. The molecule has 3 aromatic rings. The van der Waals surface area contributed by atoms with Gasteiger partial charge in [-0.05, 0) is 36.8 Å². The molecule has 0 saturated heterocycles. The van der Waals surface area contributed by atoms with E-state index < -0.39 is 11.2 Å². The van der Waals surface area contributed by atoms with Crippen LogP contribution in [-0.2, 0) is 18.9 Å². The summed E-state index contributed by atoms with van der Waals surface area (Å²) in [5.41, 5.74) is 0.146. The molecule has 0 aliphatic carbocycles. The first kappa shape index (κ1) is 21.8. The van der Waals surface area contributed by atoms with E-state index in [4.69, 9.17) is 4.74 Å². The molecule has 2 N–H and O–H groups in total. The van der Waals surface area contributed by atoms with Crippen molar-refractivity contribution in [3.05, 3.63) is 62.9 Å². The van der Waals surface area contributed by atoms with Crippen LogP contribution in [0.25, 0.3) is 11.0 Å². The molecule has 0 bridgehead atoms. The first-order chi connectivity index (χ1) is 14.8. The van der Waals surface area contributed by atoms with E-state index in [-0.39, 0.29) is 29.3 Å². The van der Waals surface area contributed by atoms with Gasteiger partial charge in [-0.1, -0.05) is 0 Å². The number of pyridine rings is 1. The minimum absolute atomic E-state index is 0.173. The molecule has 0 fully saturated rings. The van der Waals surface area contributed by atoms with Crippen LogP contribution in [0.5, 0.6) is 5.75 Å². The molecule has 1 aromatic carbocycles. The summed E-state index contributed by atoms with van der Waals surface area (Å²) >= 11 is 0. The SMILES string of the molecule is COc1ccc(C(=O)NCCCC(=O)Nc2cnc3c(c2)c(=O)n(C)c(=O)n3C)cc1. The molecule has 0 saturated carbocycles. The first-order valence-corrected chi connectivity index (χ1v) is 9.59. The Morgan fingerprint density at radius 1 is 1.10 bits per heavy atom. The number of fused-ring (bicyclic) bond motifs is 1. The molecule has 2 amide bonds. The maximum absolute atomic E-state index is 12.3. The predicted molar refractivity (Wildman–Crippen MR) is 115 cm³/mol. The molecule has 0 radical (unpaired) electrons. The van der Waals surface area contributed by atoms with E-state index in [2.05, 4.69) is 15.6 Å². The summed E-state index contributed by atoms with van der Waals surface area (Å²) in [7, 11) is 4.46. The van der Waals surface area contributed by atoms with E-state index in [9.17, 15) is 19.2 Å². The zero-order chi connectivity index (χ0) is 22.5. The molecule has 2 heterocycles. The van der Waals surface area contributed by atoms with Crippen LogP contribution in [0.2, 0.25) is 0 Å². The molecule has 0 aliphatic heterocycles. The minimum atomic E-state index is -0.483. The van der Waals surface area contributed by atoms with Crippen LogP contribution in [0.15, 0.2) is 46.1 Å². The first-order valence-electron chi connectivity index (χ1n) is 9.59. The van der Waals surface area contributed by atoms with Gasteiger partial charge in [0.25, 0.3) is 11.5 Å². The highest BCUT2D eigenvalue weighted by Gasteiger charge is 2.12. The van der Waals surface area contributed by atoms with E-state index >= 15 is 0 Å². The number of carbonyl (C=O) groups excluding carboxylic acids is 2. The molecule has 31 heavy (non-hydrogen) atoms. The number of hydrogen-bond donors (Lipinski definition) is 2. The van der Waals surface area contributed by atoms with Crippen molar-refractivity contribution in [2.75, 3.05) is 19.0 Å². The Morgan fingerprint density at radius 3 is 2.48 bits per heavy atom. The lowest BCUT2D eigenvalue weighted by molar-refractivity contribution is -0.116. The normalized spacial score (nSPS) is 10.7. The maximum atomic E-state index is 12.3. The highest BCUT2D eigenvalue weighted by atomic mass is 16.5. The largest absolute Gasteiger partial charge is 0.497 e. The fraction of sp³-hybridized carbons (Fsp3) is 0.286. The van der Waals surface area contributed by atoms with Crippen molar-refractivity contribution in [3.8, 4) is 5.75 Å². The quantitative estimate of drug-likeness (QED) is 0.540. The average molecular weight is 425 g/mol.